The van der Waals surface area contributed by atoms with Crippen LogP contribution in [0.25, 0.3) is 0 Å². The Morgan fingerprint density at radius 3 is 2.44 bits per heavy atom. The molecule has 0 atom stereocenters. The summed E-state index contributed by atoms with van der Waals surface area (Å²) < 4.78 is 12.9. The Hall–Kier alpha value is -2.20. The molecule has 25 heavy (non-hydrogen) atoms. The van der Waals surface area contributed by atoms with Crippen LogP contribution in [-0.2, 0) is 24.3 Å². The van der Waals surface area contributed by atoms with Crippen LogP contribution in [0, 0.1) is 5.82 Å². The largest absolute Gasteiger partial charge is 0.352 e. The first-order valence-corrected chi connectivity index (χ1v) is 9.00. The molecule has 2 aromatic rings. The smallest absolute Gasteiger partial charge is 0.224 e. The maximum Gasteiger partial charge on any atom is 0.224 e. The molecule has 1 aliphatic rings. The number of benzene rings is 2. The summed E-state index contributed by atoms with van der Waals surface area (Å²) in [7, 11) is 0. The van der Waals surface area contributed by atoms with Gasteiger partial charge in [-0.1, -0.05) is 42.8 Å². The van der Waals surface area contributed by atoms with Crippen LogP contribution >= 0.6 is 0 Å². The van der Waals surface area contributed by atoms with E-state index in [1.807, 2.05) is 6.07 Å². The Kier molecular flexibility index (Phi) is 6.18. The molecular formula is C21H25FN2O. The number of halogens is 1. The van der Waals surface area contributed by atoms with Crippen molar-refractivity contribution in [2.75, 3.05) is 13.1 Å². The second kappa shape index (κ2) is 8.77. The van der Waals surface area contributed by atoms with Gasteiger partial charge in [-0.2, -0.15) is 0 Å². The molecule has 0 spiro atoms. The summed E-state index contributed by atoms with van der Waals surface area (Å²) in [5.41, 5.74) is 3.23. The lowest BCUT2D eigenvalue weighted by molar-refractivity contribution is -0.120. The van der Waals surface area contributed by atoms with Crippen molar-refractivity contribution in [3.05, 3.63) is 71.0 Å². The Morgan fingerprint density at radius 1 is 0.960 bits per heavy atom. The molecule has 1 N–H and O–H groups in total. The highest BCUT2D eigenvalue weighted by molar-refractivity contribution is 5.78. The topological polar surface area (TPSA) is 32.3 Å². The summed E-state index contributed by atoms with van der Waals surface area (Å²) >= 11 is 0. The molecule has 3 rings (SSSR count). The lowest BCUT2D eigenvalue weighted by Crippen LogP contribution is -2.29. The van der Waals surface area contributed by atoms with Gasteiger partial charge in [-0.25, -0.2) is 4.39 Å². The van der Waals surface area contributed by atoms with Crippen LogP contribution in [-0.4, -0.2) is 23.9 Å². The van der Waals surface area contributed by atoms with Gasteiger partial charge in [-0.15, -0.1) is 0 Å². The number of hydrogen-bond acceptors (Lipinski definition) is 2. The third kappa shape index (κ3) is 5.68. The number of rotatable bonds is 6. The van der Waals surface area contributed by atoms with Crippen LogP contribution < -0.4 is 5.32 Å². The first-order chi connectivity index (χ1) is 12.2. The van der Waals surface area contributed by atoms with E-state index in [2.05, 4.69) is 28.4 Å². The molecule has 0 radical (unpaired) electrons. The van der Waals surface area contributed by atoms with E-state index in [-0.39, 0.29) is 18.1 Å². The summed E-state index contributed by atoms with van der Waals surface area (Å²) in [5.74, 6) is -0.331. The Balaban J connectivity index is 1.49. The fourth-order valence-electron chi connectivity index (χ4n) is 3.26. The van der Waals surface area contributed by atoms with Crippen molar-refractivity contribution < 1.29 is 9.18 Å². The van der Waals surface area contributed by atoms with Gasteiger partial charge in [-0.05, 0) is 54.8 Å². The van der Waals surface area contributed by atoms with E-state index in [0.717, 1.165) is 17.7 Å². The minimum atomic E-state index is -0.283. The number of nitrogens with zero attached hydrogens (tertiary/aromatic N) is 1. The molecule has 0 saturated carbocycles. The van der Waals surface area contributed by atoms with Crippen molar-refractivity contribution in [3.63, 3.8) is 0 Å². The van der Waals surface area contributed by atoms with Crippen molar-refractivity contribution in [1.29, 1.82) is 0 Å². The average molecular weight is 340 g/mol. The minimum absolute atomic E-state index is 0.0481. The first-order valence-electron chi connectivity index (χ1n) is 9.00. The van der Waals surface area contributed by atoms with Crippen LogP contribution in [0.4, 0.5) is 4.39 Å². The zero-order chi connectivity index (χ0) is 17.5. The van der Waals surface area contributed by atoms with Crippen molar-refractivity contribution in [1.82, 2.24) is 10.2 Å². The maximum atomic E-state index is 12.9. The highest BCUT2D eigenvalue weighted by Crippen LogP contribution is 2.14. The summed E-state index contributed by atoms with van der Waals surface area (Å²) in [4.78, 5) is 14.6. The molecular weight excluding hydrogens is 315 g/mol. The predicted molar refractivity (Wildman–Crippen MR) is 97.5 cm³/mol. The Morgan fingerprint density at radius 2 is 1.68 bits per heavy atom. The fraction of sp³-hybridized carbons (Fsp3) is 0.381. The number of carbonyl (C=O) groups excluding carboxylic acids is 1. The molecule has 1 fully saturated rings. The number of hydrogen-bond donors (Lipinski definition) is 1. The maximum absolute atomic E-state index is 12.9. The third-order valence-corrected chi connectivity index (χ3v) is 4.61. The van der Waals surface area contributed by atoms with Gasteiger partial charge in [-0.3, -0.25) is 9.69 Å². The van der Waals surface area contributed by atoms with Gasteiger partial charge in [0.15, 0.2) is 0 Å². The van der Waals surface area contributed by atoms with Gasteiger partial charge in [0.05, 0.1) is 6.42 Å². The van der Waals surface area contributed by atoms with E-state index in [1.54, 1.807) is 12.1 Å². The quantitative estimate of drug-likeness (QED) is 0.870. The van der Waals surface area contributed by atoms with Crippen molar-refractivity contribution in [2.45, 2.75) is 38.8 Å². The Labute approximate surface area is 148 Å². The molecule has 4 heteroatoms. The molecule has 1 saturated heterocycles. The SMILES string of the molecule is O=C(Cc1ccc(F)cc1)NCc1cccc(CN2CCCCC2)c1. The Bertz CT molecular complexity index is 693. The van der Waals surface area contributed by atoms with Gasteiger partial charge < -0.3 is 5.32 Å². The van der Waals surface area contributed by atoms with Crippen LogP contribution in [0.2, 0.25) is 0 Å². The zero-order valence-corrected chi connectivity index (χ0v) is 14.5. The second-order valence-electron chi connectivity index (χ2n) is 6.74. The summed E-state index contributed by atoms with van der Waals surface area (Å²) in [5, 5.41) is 2.95. The van der Waals surface area contributed by atoms with Crippen molar-refractivity contribution >= 4 is 5.91 Å². The highest BCUT2D eigenvalue weighted by Gasteiger charge is 2.10. The van der Waals surface area contributed by atoms with Crippen LogP contribution in [0.1, 0.15) is 36.0 Å². The molecule has 2 aromatic carbocycles. The normalized spacial score (nSPS) is 15.1. The number of nitrogens with one attached hydrogen (secondary N) is 1. The van der Waals surface area contributed by atoms with E-state index in [4.69, 9.17) is 0 Å². The first kappa shape index (κ1) is 17.6. The van der Waals surface area contributed by atoms with Crippen LogP contribution in [0.5, 0.6) is 0 Å². The number of amides is 1. The molecule has 0 aromatic heterocycles. The fourth-order valence-corrected chi connectivity index (χ4v) is 3.26. The molecule has 0 bridgehead atoms. The summed E-state index contributed by atoms with van der Waals surface area (Å²) in [6.45, 7) is 3.86. The summed E-state index contributed by atoms with van der Waals surface area (Å²) in [6, 6.07) is 14.5. The standard InChI is InChI=1S/C21H25FN2O/c22-20-9-7-17(8-10-20)14-21(25)23-15-18-5-4-6-19(13-18)16-24-11-2-1-3-12-24/h4-10,13H,1-3,11-12,14-16H2,(H,23,25). The highest BCUT2D eigenvalue weighted by atomic mass is 19.1. The minimum Gasteiger partial charge on any atom is -0.352 e. The third-order valence-electron chi connectivity index (χ3n) is 4.61. The van der Waals surface area contributed by atoms with Crippen LogP contribution in [0.3, 0.4) is 0 Å². The van der Waals surface area contributed by atoms with Crippen molar-refractivity contribution in [2.24, 2.45) is 0 Å². The predicted octanol–water partition coefficient (Wildman–Crippen LogP) is 3.67. The second-order valence-corrected chi connectivity index (χ2v) is 6.74. The molecule has 0 aliphatic carbocycles. The van der Waals surface area contributed by atoms with E-state index >= 15 is 0 Å². The van der Waals surface area contributed by atoms with Crippen LogP contribution in [0.15, 0.2) is 48.5 Å². The lowest BCUT2D eigenvalue weighted by atomic mass is 10.1. The lowest BCUT2D eigenvalue weighted by Gasteiger charge is -2.26. The average Bonchev–Trinajstić information content (AvgIpc) is 2.63. The molecule has 132 valence electrons. The van der Waals surface area contributed by atoms with Gasteiger partial charge in [0.1, 0.15) is 5.82 Å². The van der Waals surface area contributed by atoms with E-state index in [1.165, 1.54) is 50.0 Å². The van der Waals surface area contributed by atoms with E-state index < -0.39 is 0 Å². The summed E-state index contributed by atoms with van der Waals surface area (Å²) in [6.07, 6.45) is 4.20. The number of likely N-dealkylation sites (tertiary alicyclic amines) is 1. The van der Waals surface area contributed by atoms with Gasteiger partial charge in [0.2, 0.25) is 5.91 Å². The molecule has 1 amide bonds. The molecule has 1 heterocycles. The molecule has 1 aliphatic heterocycles. The van der Waals surface area contributed by atoms with Gasteiger partial charge in [0, 0.05) is 13.1 Å². The molecule has 0 unspecified atom stereocenters. The van der Waals surface area contributed by atoms with Gasteiger partial charge in [0.25, 0.3) is 0 Å². The number of carbonyl (C=O) groups is 1. The zero-order valence-electron chi connectivity index (χ0n) is 14.5. The van der Waals surface area contributed by atoms with Gasteiger partial charge >= 0.3 is 0 Å². The van der Waals surface area contributed by atoms with E-state index in [0.29, 0.717) is 6.54 Å². The van der Waals surface area contributed by atoms with E-state index in [9.17, 15) is 9.18 Å². The monoisotopic (exact) mass is 340 g/mol. The molecule has 3 nitrogen and oxygen atoms in total. The number of piperidine rings is 1. The van der Waals surface area contributed by atoms with Crippen molar-refractivity contribution in [3.8, 4) is 0 Å².